The molecule has 2 N–H and O–H groups in total. The van der Waals surface area contributed by atoms with E-state index >= 15 is 0 Å². The van der Waals surface area contributed by atoms with Crippen LogP contribution in [0.4, 0.5) is 0 Å². The highest BCUT2D eigenvalue weighted by atomic mass is 16.5. The predicted molar refractivity (Wildman–Crippen MR) is 100 cm³/mol. The van der Waals surface area contributed by atoms with E-state index in [9.17, 15) is 9.90 Å². The average molecular weight is 347 g/mol. The number of methoxy groups -OCH3 is 1. The van der Waals surface area contributed by atoms with Gasteiger partial charge in [0.2, 0.25) is 5.91 Å². The number of ether oxygens (including phenoxy) is 1. The van der Waals surface area contributed by atoms with Crippen LogP contribution in [0.1, 0.15) is 70.1 Å². The third kappa shape index (κ3) is 6.12. The van der Waals surface area contributed by atoms with Crippen molar-refractivity contribution in [2.24, 2.45) is 5.92 Å². The van der Waals surface area contributed by atoms with E-state index in [0.717, 1.165) is 31.2 Å². The second-order valence-corrected chi connectivity index (χ2v) is 8.27. The van der Waals surface area contributed by atoms with Gasteiger partial charge in [-0.3, -0.25) is 4.79 Å². The molecule has 1 aromatic carbocycles. The summed E-state index contributed by atoms with van der Waals surface area (Å²) >= 11 is 0. The minimum absolute atomic E-state index is 0.0335. The standard InChI is InChI=1S/C21H33NO3/c1-21(2,3)17-9-7-16(8-10-17)19(23)14-22-20(24)13-15-5-11-18(25-4)12-6-15/h7-10,15,18-19,23H,5-6,11-14H2,1-4H3,(H,22,24). The van der Waals surface area contributed by atoms with Crippen molar-refractivity contribution in [3.63, 3.8) is 0 Å². The van der Waals surface area contributed by atoms with Gasteiger partial charge in [-0.05, 0) is 48.1 Å². The molecule has 1 aliphatic rings. The molecule has 0 aromatic heterocycles. The molecule has 0 heterocycles. The molecule has 1 aliphatic carbocycles. The zero-order valence-electron chi connectivity index (χ0n) is 16.0. The quantitative estimate of drug-likeness (QED) is 0.824. The van der Waals surface area contributed by atoms with E-state index in [1.54, 1.807) is 7.11 Å². The Balaban J connectivity index is 1.75. The summed E-state index contributed by atoms with van der Waals surface area (Å²) in [6.07, 6.45) is 4.41. The fourth-order valence-corrected chi connectivity index (χ4v) is 3.44. The fourth-order valence-electron chi connectivity index (χ4n) is 3.44. The molecule has 0 spiro atoms. The number of nitrogens with one attached hydrogen (secondary N) is 1. The van der Waals surface area contributed by atoms with Gasteiger partial charge in [0.1, 0.15) is 0 Å². The van der Waals surface area contributed by atoms with Crippen LogP contribution in [-0.4, -0.2) is 30.8 Å². The smallest absolute Gasteiger partial charge is 0.220 e. The van der Waals surface area contributed by atoms with E-state index in [1.807, 2.05) is 12.1 Å². The summed E-state index contributed by atoms with van der Waals surface area (Å²) in [4.78, 5) is 12.1. The Morgan fingerprint density at radius 1 is 1.20 bits per heavy atom. The molecule has 0 saturated heterocycles. The molecule has 1 saturated carbocycles. The number of amides is 1. The van der Waals surface area contributed by atoms with E-state index in [4.69, 9.17) is 4.74 Å². The zero-order valence-corrected chi connectivity index (χ0v) is 16.0. The number of carbonyl (C=O) groups excluding carboxylic acids is 1. The van der Waals surface area contributed by atoms with Crippen molar-refractivity contribution in [3.8, 4) is 0 Å². The lowest BCUT2D eigenvalue weighted by atomic mass is 9.85. The third-order valence-corrected chi connectivity index (χ3v) is 5.26. The van der Waals surface area contributed by atoms with Gasteiger partial charge in [-0.1, -0.05) is 45.0 Å². The Kier molecular flexibility index (Phi) is 7.03. The first kappa shape index (κ1) is 19.9. The molecule has 1 unspecified atom stereocenters. The van der Waals surface area contributed by atoms with Gasteiger partial charge >= 0.3 is 0 Å². The second-order valence-electron chi connectivity index (χ2n) is 8.27. The first-order chi connectivity index (χ1) is 11.8. The van der Waals surface area contributed by atoms with Gasteiger partial charge < -0.3 is 15.2 Å². The van der Waals surface area contributed by atoms with Crippen LogP contribution in [0.2, 0.25) is 0 Å². The van der Waals surface area contributed by atoms with Crippen LogP contribution in [0.15, 0.2) is 24.3 Å². The number of aliphatic hydroxyl groups excluding tert-OH is 1. The van der Waals surface area contributed by atoms with Crippen LogP contribution in [-0.2, 0) is 14.9 Å². The summed E-state index contributed by atoms with van der Waals surface area (Å²) < 4.78 is 5.37. The van der Waals surface area contributed by atoms with Crippen LogP contribution in [0.5, 0.6) is 0 Å². The van der Waals surface area contributed by atoms with Crippen LogP contribution < -0.4 is 5.32 Å². The van der Waals surface area contributed by atoms with Gasteiger partial charge in [-0.25, -0.2) is 0 Å². The molecular weight excluding hydrogens is 314 g/mol. The summed E-state index contributed by atoms with van der Waals surface area (Å²) in [6, 6.07) is 8.00. The largest absolute Gasteiger partial charge is 0.387 e. The number of rotatable bonds is 6. The Hall–Kier alpha value is -1.39. The number of benzene rings is 1. The van der Waals surface area contributed by atoms with Gasteiger partial charge in [-0.2, -0.15) is 0 Å². The Labute approximate surface area is 152 Å². The van der Waals surface area contributed by atoms with Gasteiger partial charge in [-0.15, -0.1) is 0 Å². The number of hydrogen-bond acceptors (Lipinski definition) is 3. The number of carbonyl (C=O) groups is 1. The maximum atomic E-state index is 12.1. The van der Waals surface area contributed by atoms with Crippen LogP contribution in [0.25, 0.3) is 0 Å². The van der Waals surface area contributed by atoms with Gasteiger partial charge in [0.15, 0.2) is 0 Å². The van der Waals surface area contributed by atoms with Crippen molar-refractivity contribution in [1.82, 2.24) is 5.32 Å². The molecule has 1 fully saturated rings. The van der Waals surface area contributed by atoms with E-state index in [1.165, 1.54) is 5.56 Å². The molecule has 1 atom stereocenters. The molecule has 4 nitrogen and oxygen atoms in total. The van der Waals surface area contributed by atoms with Gasteiger partial charge in [0, 0.05) is 20.1 Å². The highest BCUT2D eigenvalue weighted by Crippen LogP contribution is 2.28. The maximum Gasteiger partial charge on any atom is 0.220 e. The third-order valence-electron chi connectivity index (χ3n) is 5.26. The van der Waals surface area contributed by atoms with E-state index in [-0.39, 0.29) is 17.9 Å². The maximum absolute atomic E-state index is 12.1. The van der Waals surface area contributed by atoms with E-state index < -0.39 is 6.10 Å². The van der Waals surface area contributed by atoms with Crippen molar-refractivity contribution >= 4 is 5.91 Å². The lowest BCUT2D eigenvalue weighted by Gasteiger charge is -2.27. The lowest BCUT2D eigenvalue weighted by Crippen LogP contribution is -2.31. The molecule has 2 rings (SSSR count). The fraction of sp³-hybridized carbons (Fsp3) is 0.667. The molecule has 0 radical (unpaired) electrons. The van der Waals surface area contributed by atoms with Crippen molar-refractivity contribution in [1.29, 1.82) is 0 Å². The SMILES string of the molecule is COC1CCC(CC(=O)NCC(O)c2ccc(C(C)(C)C)cc2)CC1. The van der Waals surface area contributed by atoms with E-state index in [0.29, 0.717) is 18.4 Å². The van der Waals surface area contributed by atoms with E-state index in [2.05, 4.69) is 38.2 Å². The van der Waals surface area contributed by atoms with Crippen molar-refractivity contribution in [2.75, 3.05) is 13.7 Å². The first-order valence-corrected chi connectivity index (χ1v) is 9.37. The highest BCUT2D eigenvalue weighted by Gasteiger charge is 2.23. The summed E-state index contributed by atoms with van der Waals surface area (Å²) in [5.41, 5.74) is 2.17. The summed E-state index contributed by atoms with van der Waals surface area (Å²) in [5, 5.41) is 13.2. The molecular formula is C21H33NO3. The minimum Gasteiger partial charge on any atom is -0.387 e. The van der Waals surface area contributed by atoms with Crippen LogP contribution in [0, 0.1) is 5.92 Å². The van der Waals surface area contributed by atoms with Crippen LogP contribution >= 0.6 is 0 Å². The Morgan fingerprint density at radius 3 is 2.32 bits per heavy atom. The molecule has 25 heavy (non-hydrogen) atoms. The normalized spacial score (nSPS) is 22.4. The Bertz CT molecular complexity index is 539. The minimum atomic E-state index is -0.665. The topological polar surface area (TPSA) is 58.6 Å². The van der Waals surface area contributed by atoms with Crippen molar-refractivity contribution in [3.05, 3.63) is 35.4 Å². The van der Waals surface area contributed by atoms with Crippen LogP contribution in [0.3, 0.4) is 0 Å². The predicted octanol–water partition coefficient (Wildman–Crippen LogP) is 3.73. The lowest BCUT2D eigenvalue weighted by molar-refractivity contribution is -0.123. The first-order valence-electron chi connectivity index (χ1n) is 9.37. The molecule has 4 heteroatoms. The molecule has 0 aliphatic heterocycles. The molecule has 140 valence electrons. The summed E-state index contributed by atoms with van der Waals surface area (Å²) in [6.45, 7) is 6.76. The average Bonchev–Trinajstić information content (AvgIpc) is 2.59. The summed E-state index contributed by atoms with van der Waals surface area (Å²) in [7, 11) is 1.76. The second kappa shape index (κ2) is 8.81. The number of aliphatic hydroxyl groups is 1. The Morgan fingerprint density at radius 2 is 1.80 bits per heavy atom. The van der Waals surface area contributed by atoms with Gasteiger partial charge in [0.05, 0.1) is 12.2 Å². The van der Waals surface area contributed by atoms with Gasteiger partial charge in [0.25, 0.3) is 0 Å². The monoisotopic (exact) mass is 347 g/mol. The number of hydrogen-bond donors (Lipinski definition) is 2. The molecule has 1 amide bonds. The summed E-state index contributed by atoms with van der Waals surface area (Å²) in [5.74, 6) is 0.473. The van der Waals surface area contributed by atoms with Crippen molar-refractivity contribution in [2.45, 2.75) is 70.5 Å². The molecule has 1 aromatic rings. The highest BCUT2D eigenvalue weighted by molar-refractivity contribution is 5.76. The zero-order chi connectivity index (χ0) is 18.4. The molecule has 0 bridgehead atoms. The van der Waals surface area contributed by atoms with Crippen molar-refractivity contribution < 1.29 is 14.6 Å².